The summed E-state index contributed by atoms with van der Waals surface area (Å²) >= 11 is 0. The molecule has 0 radical (unpaired) electrons. The molecule has 1 saturated heterocycles. The molecule has 0 aromatic heterocycles. The number of carboxylic acids is 1. The number of hydrogen-bond acceptors (Lipinski definition) is 6. The number of carboxylic acid groups (broad SMARTS) is 1. The summed E-state index contributed by atoms with van der Waals surface area (Å²) in [5.41, 5.74) is 2.95. The fourth-order valence-electron chi connectivity index (χ4n) is 4.88. The Bertz CT molecular complexity index is 1540. The molecule has 0 aliphatic carbocycles. The van der Waals surface area contributed by atoms with Crippen LogP contribution in [0.1, 0.15) is 31.8 Å². The number of amides is 1. The lowest BCUT2D eigenvalue weighted by molar-refractivity contribution is 0.0695. The second-order valence-electron chi connectivity index (χ2n) is 9.73. The molecule has 9 heteroatoms. The van der Waals surface area contributed by atoms with Crippen molar-refractivity contribution in [3.63, 3.8) is 0 Å². The molecule has 0 saturated carbocycles. The highest BCUT2D eigenvalue weighted by Crippen LogP contribution is 2.35. The molecule has 4 aromatic rings. The molecule has 1 aliphatic rings. The topological polar surface area (TPSA) is 88.5 Å². The number of carbonyl (C=O) groups excluding carboxylic acids is 1. The number of carbonyl (C=O) groups is 2. The summed E-state index contributed by atoms with van der Waals surface area (Å²) in [4.78, 5) is 29.8. The molecule has 216 valence electrons. The van der Waals surface area contributed by atoms with E-state index in [2.05, 4.69) is 0 Å². The van der Waals surface area contributed by atoms with E-state index in [0.717, 1.165) is 5.56 Å². The molecular weight excluding hydrogens is 539 g/mol. The van der Waals surface area contributed by atoms with E-state index in [1.54, 1.807) is 60.7 Å². The van der Waals surface area contributed by atoms with Crippen LogP contribution in [-0.4, -0.2) is 50.4 Å². The van der Waals surface area contributed by atoms with E-state index in [1.165, 1.54) is 30.2 Å². The van der Waals surface area contributed by atoms with Gasteiger partial charge in [0, 0.05) is 29.9 Å². The summed E-state index contributed by atoms with van der Waals surface area (Å²) in [6.07, 6.45) is 0. The minimum atomic E-state index is -1.09. The van der Waals surface area contributed by atoms with Gasteiger partial charge in [0.25, 0.3) is 5.91 Å². The number of ether oxygens (including phenoxy) is 3. The molecule has 0 spiro atoms. The van der Waals surface area contributed by atoms with Crippen molar-refractivity contribution in [1.29, 1.82) is 0 Å². The summed E-state index contributed by atoms with van der Waals surface area (Å²) in [6.45, 7) is 2.39. The van der Waals surface area contributed by atoms with Gasteiger partial charge in [-0.2, -0.15) is 0 Å². The first-order valence-corrected chi connectivity index (χ1v) is 13.5. The Morgan fingerprint density at radius 1 is 0.952 bits per heavy atom. The number of hydrogen-bond donors (Lipinski definition) is 1. The van der Waals surface area contributed by atoms with Crippen LogP contribution < -0.4 is 19.3 Å². The quantitative estimate of drug-likeness (QED) is 0.258. The zero-order valence-electron chi connectivity index (χ0n) is 23.2. The maximum atomic E-state index is 13.9. The van der Waals surface area contributed by atoms with Crippen molar-refractivity contribution in [2.75, 3.05) is 43.2 Å². The molecule has 1 amide bonds. The van der Waals surface area contributed by atoms with Gasteiger partial charge in [0.05, 0.1) is 38.1 Å². The first kappa shape index (κ1) is 28.6. The molecule has 0 atom stereocenters. The van der Waals surface area contributed by atoms with Crippen molar-refractivity contribution in [3.05, 3.63) is 119 Å². The molecule has 42 heavy (non-hydrogen) atoms. The van der Waals surface area contributed by atoms with Crippen LogP contribution in [0.4, 0.5) is 15.8 Å². The summed E-state index contributed by atoms with van der Waals surface area (Å²) in [5, 5.41) is 10.1. The third-order valence-corrected chi connectivity index (χ3v) is 7.05. The zero-order chi connectivity index (χ0) is 29.5. The van der Waals surface area contributed by atoms with Crippen LogP contribution in [0.25, 0.3) is 0 Å². The first-order valence-electron chi connectivity index (χ1n) is 13.5. The first-order chi connectivity index (χ1) is 20.4. The predicted molar refractivity (Wildman–Crippen MR) is 157 cm³/mol. The van der Waals surface area contributed by atoms with E-state index < -0.39 is 5.97 Å². The summed E-state index contributed by atoms with van der Waals surface area (Å²) in [6, 6.07) is 25.2. The maximum absolute atomic E-state index is 13.9. The molecule has 1 aliphatic heterocycles. The lowest BCUT2D eigenvalue weighted by atomic mass is 10.1. The molecule has 0 bridgehead atoms. The van der Waals surface area contributed by atoms with E-state index in [4.69, 9.17) is 14.2 Å². The van der Waals surface area contributed by atoms with E-state index in [0.29, 0.717) is 60.3 Å². The molecule has 1 heterocycles. The van der Waals surface area contributed by atoms with Crippen molar-refractivity contribution in [3.8, 4) is 11.5 Å². The van der Waals surface area contributed by atoms with Crippen molar-refractivity contribution >= 4 is 23.3 Å². The Kier molecular flexibility index (Phi) is 8.99. The molecule has 4 aromatic carbocycles. The number of anilines is 2. The normalized spacial score (nSPS) is 13.0. The number of benzene rings is 4. The van der Waals surface area contributed by atoms with Crippen LogP contribution in [0, 0.1) is 5.82 Å². The standard InChI is InChI=1S/C33H31FN2O6/c1-40-30-9-5-8-25(31(30)42-22-23-10-12-26(34)13-11-23)21-36(32(37)24-6-3-2-4-7-24)27-14-15-29(28(20-27)33(38)39)35-16-18-41-19-17-35/h2-15,20H,16-19,21-22H2,1H3,(H,38,39). The predicted octanol–water partition coefficient (Wildman–Crippen LogP) is 5.80. The van der Waals surface area contributed by atoms with Crippen LogP contribution in [0.15, 0.2) is 91.0 Å². The molecule has 5 rings (SSSR count). The monoisotopic (exact) mass is 570 g/mol. The Hall–Kier alpha value is -4.89. The third kappa shape index (κ3) is 6.53. The highest BCUT2D eigenvalue weighted by atomic mass is 19.1. The minimum absolute atomic E-state index is 0.0691. The largest absolute Gasteiger partial charge is 0.493 e. The van der Waals surface area contributed by atoms with Crippen LogP contribution in [-0.2, 0) is 17.9 Å². The van der Waals surface area contributed by atoms with Gasteiger partial charge in [-0.05, 0) is 54.1 Å². The summed E-state index contributed by atoms with van der Waals surface area (Å²) in [5.74, 6) is -0.838. The number of halogens is 1. The molecule has 0 unspecified atom stereocenters. The fourth-order valence-corrected chi connectivity index (χ4v) is 4.88. The van der Waals surface area contributed by atoms with Crippen molar-refractivity contribution in [2.24, 2.45) is 0 Å². The molecular formula is C33H31FN2O6. The van der Waals surface area contributed by atoms with Crippen molar-refractivity contribution in [2.45, 2.75) is 13.2 Å². The number of aromatic carboxylic acids is 1. The van der Waals surface area contributed by atoms with E-state index in [-0.39, 0.29) is 30.4 Å². The molecule has 1 fully saturated rings. The van der Waals surface area contributed by atoms with Gasteiger partial charge in [0.15, 0.2) is 11.5 Å². The Balaban J connectivity index is 1.53. The number of morpholine rings is 1. The zero-order valence-corrected chi connectivity index (χ0v) is 23.2. The van der Waals surface area contributed by atoms with E-state index >= 15 is 0 Å². The van der Waals surface area contributed by atoms with Gasteiger partial charge < -0.3 is 29.1 Å². The number of rotatable bonds is 10. The van der Waals surface area contributed by atoms with Gasteiger partial charge >= 0.3 is 5.97 Å². The van der Waals surface area contributed by atoms with E-state index in [1.807, 2.05) is 17.0 Å². The van der Waals surface area contributed by atoms with Crippen LogP contribution in [0.2, 0.25) is 0 Å². The van der Waals surface area contributed by atoms with Crippen LogP contribution in [0.5, 0.6) is 11.5 Å². The fraction of sp³-hybridized carbons (Fsp3) is 0.212. The van der Waals surface area contributed by atoms with Gasteiger partial charge in [0.2, 0.25) is 0 Å². The minimum Gasteiger partial charge on any atom is -0.493 e. The molecule has 1 N–H and O–H groups in total. The second-order valence-corrected chi connectivity index (χ2v) is 9.73. The smallest absolute Gasteiger partial charge is 0.337 e. The van der Waals surface area contributed by atoms with Gasteiger partial charge in [-0.1, -0.05) is 42.5 Å². The lowest BCUT2D eigenvalue weighted by Gasteiger charge is -2.31. The third-order valence-electron chi connectivity index (χ3n) is 7.05. The molecule has 8 nitrogen and oxygen atoms in total. The summed E-state index contributed by atoms with van der Waals surface area (Å²) in [7, 11) is 1.53. The van der Waals surface area contributed by atoms with Gasteiger partial charge in [0.1, 0.15) is 12.4 Å². The second kappa shape index (κ2) is 13.2. The Morgan fingerprint density at radius 2 is 1.69 bits per heavy atom. The average Bonchev–Trinajstić information content (AvgIpc) is 3.03. The van der Waals surface area contributed by atoms with Crippen molar-refractivity contribution < 1.29 is 33.3 Å². The Morgan fingerprint density at radius 3 is 2.38 bits per heavy atom. The average molecular weight is 571 g/mol. The highest BCUT2D eigenvalue weighted by Gasteiger charge is 2.25. The van der Waals surface area contributed by atoms with Crippen molar-refractivity contribution in [1.82, 2.24) is 0 Å². The van der Waals surface area contributed by atoms with Gasteiger partial charge in [-0.25, -0.2) is 9.18 Å². The van der Waals surface area contributed by atoms with Crippen LogP contribution >= 0.6 is 0 Å². The lowest BCUT2D eigenvalue weighted by Crippen LogP contribution is -2.37. The number of nitrogens with zero attached hydrogens (tertiary/aromatic N) is 2. The Labute approximate surface area is 243 Å². The number of para-hydroxylation sites is 1. The van der Waals surface area contributed by atoms with Gasteiger partial charge in [-0.3, -0.25) is 4.79 Å². The van der Waals surface area contributed by atoms with E-state index in [9.17, 15) is 19.1 Å². The highest BCUT2D eigenvalue weighted by molar-refractivity contribution is 6.07. The van der Waals surface area contributed by atoms with Crippen LogP contribution in [0.3, 0.4) is 0 Å². The summed E-state index contributed by atoms with van der Waals surface area (Å²) < 4.78 is 30.6. The van der Waals surface area contributed by atoms with Gasteiger partial charge in [-0.15, -0.1) is 0 Å². The number of methoxy groups -OCH3 is 1. The maximum Gasteiger partial charge on any atom is 0.337 e. The SMILES string of the molecule is COc1cccc(CN(C(=O)c2ccccc2)c2ccc(N3CCOCC3)c(C(=O)O)c2)c1OCc1ccc(F)cc1.